The number of hydrogen-bond donors (Lipinski definition) is 0. The van der Waals surface area contributed by atoms with E-state index in [2.05, 4.69) is 47.3 Å². The summed E-state index contributed by atoms with van der Waals surface area (Å²) in [4.78, 5) is 9.49. The fraction of sp³-hybridized carbons (Fsp3) is 0.0833. The third-order valence-corrected chi connectivity index (χ3v) is 4.29. The molecular formula is C24H23BrN2. The second-order valence-corrected chi connectivity index (χ2v) is 6.57. The van der Waals surface area contributed by atoms with Crippen LogP contribution in [-0.2, 0) is 0 Å². The Hall–Kier alpha value is -2.78. The van der Waals surface area contributed by atoms with Crippen molar-refractivity contribution < 1.29 is 0 Å². The van der Waals surface area contributed by atoms with Crippen LogP contribution in [0.2, 0.25) is 0 Å². The van der Waals surface area contributed by atoms with Crippen molar-refractivity contribution in [2.75, 3.05) is 0 Å². The molecule has 0 amide bonds. The minimum atomic E-state index is 0.705. The fourth-order valence-corrected chi connectivity index (χ4v) is 2.50. The summed E-state index contributed by atoms with van der Waals surface area (Å²) in [5, 5.41) is 0. The van der Waals surface area contributed by atoms with Gasteiger partial charge in [0.25, 0.3) is 0 Å². The quantitative estimate of drug-likeness (QED) is 0.335. The Morgan fingerprint density at radius 1 is 1.15 bits per heavy atom. The van der Waals surface area contributed by atoms with Crippen molar-refractivity contribution in [3.63, 3.8) is 0 Å². The van der Waals surface area contributed by atoms with E-state index >= 15 is 0 Å². The number of halogens is 1. The van der Waals surface area contributed by atoms with Crippen LogP contribution < -0.4 is 0 Å². The molecule has 136 valence electrons. The third kappa shape index (κ3) is 6.46. The highest BCUT2D eigenvalue weighted by atomic mass is 79.9. The molecule has 0 saturated carbocycles. The van der Waals surface area contributed by atoms with E-state index in [0.29, 0.717) is 5.82 Å². The maximum atomic E-state index is 4.78. The van der Waals surface area contributed by atoms with Crippen molar-refractivity contribution in [2.24, 2.45) is 0 Å². The van der Waals surface area contributed by atoms with Crippen molar-refractivity contribution >= 4 is 27.6 Å². The second kappa shape index (κ2) is 11.0. The molecule has 2 aromatic rings. The van der Waals surface area contributed by atoms with Gasteiger partial charge in [0, 0.05) is 10.0 Å². The van der Waals surface area contributed by atoms with Crippen molar-refractivity contribution in [2.45, 2.75) is 13.3 Å². The van der Waals surface area contributed by atoms with Gasteiger partial charge in [0.15, 0.2) is 5.82 Å². The van der Waals surface area contributed by atoms with Gasteiger partial charge in [-0.2, -0.15) is 0 Å². The number of rotatable bonds is 8. The van der Waals surface area contributed by atoms with Crippen LogP contribution in [0.4, 0.5) is 0 Å². The fourth-order valence-electron chi connectivity index (χ4n) is 2.34. The zero-order valence-corrected chi connectivity index (χ0v) is 17.1. The zero-order valence-electron chi connectivity index (χ0n) is 15.5. The first-order valence-electron chi connectivity index (χ1n) is 8.73. The van der Waals surface area contributed by atoms with E-state index in [1.165, 1.54) is 0 Å². The van der Waals surface area contributed by atoms with Gasteiger partial charge in [-0.15, -0.1) is 6.58 Å². The first kappa shape index (κ1) is 20.5. The minimum Gasteiger partial charge on any atom is -0.229 e. The summed E-state index contributed by atoms with van der Waals surface area (Å²) < 4.78 is 0.915. The molecule has 1 aromatic heterocycles. The Balaban J connectivity index is 2.50. The van der Waals surface area contributed by atoms with Crippen LogP contribution in [0.1, 0.15) is 24.7 Å². The lowest BCUT2D eigenvalue weighted by atomic mass is 10.1. The van der Waals surface area contributed by atoms with E-state index in [-0.39, 0.29) is 0 Å². The highest BCUT2D eigenvalue weighted by Gasteiger charge is 2.07. The van der Waals surface area contributed by atoms with Crippen LogP contribution in [0.15, 0.2) is 96.6 Å². The first-order chi connectivity index (χ1) is 13.2. The second-order valence-electron chi connectivity index (χ2n) is 5.65. The van der Waals surface area contributed by atoms with Crippen LogP contribution in [0.5, 0.6) is 0 Å². The van der Waals surface area contributed by atoms with E-state index in [1.54, 1.807) is 6.08 Å². The van der Waals surface area contributed by atoms with Gasteiger partial charge in [-0.25, -0.2) is 9.97 Å². The molecule has 0 aliphatic rings. The van der Waals surface area contributed by atoms with Crippen molar-refractivity contribution in [3.8, 4) is 11.4 Å². The normalized spacial score (nSPS) is 12.7. The summed E-state index contributed by atoms with van der Waals surface area (Å²) in [5.74, 6) is 0.705. The Labute approximate surface area is 170 Å². The van der Waals surface area contributed by atoms with E-state index in [4.69, 9.17) is 9.97 Å². The highest BCUT2D eigenvalue weighted by Crippen LogP contribution is 2.21. The van der Waals surface area contributed by atoms with Gasteiger partial charge in [0.05, 0.1) is 11.4 Å². The lowest BCUT2D eigenvalue weighted by Gasteiger charge is -2.07. The number of nitrogens with zero attached hydrogens (tertiary/aromatic N) is 2. The van der Waals surface area contributed by atoms with Crippen molar-refractivity contribution in [1.29, 1.82) is 0 Å². The Kier molecular flexibility index (Phi) is 8.40. The summed E-state index contributed by atoms with van der Waals surface area (Å²) in [5.41, 5.74) is 3.77. The summed E-state index contributed by atoms with van der Waals surface area (Å²) in [7, 11) is 0. The SMILES string of the molecule is C=CCC=C/C(=C\C)c1cc(/C=C/C=C(/Br)C=C)nc(-c2ccccc2)n1. The molecule has 1 aromatic carbocycles. The van der Waals surface area contributed by atoms with Crippen LogP contribution in [0.25, 0.3) is 23.0 Å². The topological polar surface area (TPSA) is 25.8 Å². The van der Waals surface area contributed by atoms with Crippen LogP contribution in [-0.4, -0.2) is 9.97 Å². The predicted molar refractivity (Wildman–Crippen MR) is 121 cm³/mol. The smallest absolute Gasteiger partial charge is 0.160 e. The monoisotopic (exact) mass is 418 g/mol. The largest absolute Gasteiger partial charge is 0.229 e. The minimum absolute atomic E-state index is 0.705. The molecule has 0 bridgehead atoms. The van der Waals surface area contributed by atoms with E-state index < -0.39 is 0 Å². The molecular weight excluding hydrogens is 396 g/mol. The molecule has 2 rings (SSSR count). The summed E-state index contributed by atoms with van der Waals surface area (Å²) >= 11 is 3.42. The average Bonchev–Trinajstić information content (AvgIpc) is 2.71. The van der Waals surface area contributed by atoms with E-state index in [0.717, 1.165) is 33.4 Å². The standard InChI is InChI=1S/C24H23BrN2/c1-4-7-9-13-19(5-2)23-18-22(17-12-16-21(25)6-3)26-24(27-23)20-14-10-8-11-15-20/h4-6,8-18H,1,3,7H2,2H3/b13-9?,17-12+,19-5+,21-16+. The van der Waals surface area contributed by atoms with Crippen molar-refractivity contribution in [3.05, 3.63) is 108 Å². The zero-order chi connectivity index (χ0) is 19.5. The van der Waals surface area contributed by atoms with Crippen molar-refractivity contribution in [1.82, 2.24) is 9.97 Å². The number of aromatic nitrogens is 2. The van der Waals surface area contributed by atoms with Gasteiger partial charge in [-0.3, -0.25) is 0 Å². The van der Waals surface area contributed by atoms with Crippen LogP contribution in [0, 0.1) is 0 Å². The molecule has 0 spiro atoms. The Morgan fingerprint density at radius 3 is 2.59 bits per heavy atom. The number of benzene rings is 1. The molecule has 1 heterocycles. The van der Waals surface area contributed by atoms with Gasteiger partial charge in [-0.05, 0) is 37.1 Å². The molecule has 0 saturated heterocycles. The molecule has 27 heavy (non-hydrogen) atoms. The molecule has 0 atom stereocenters. The van der Waals surface area contributed by atoms with Crippen LogP contribution in [0.3, 0.4) is 0 Å². The maximum absolute atomic E-state index is 4.78. The van der Waals surface area contributed by atoms with Gasteiger partial charge in [-0.1, -0.05) is 89.3 Å². The maximum Gasteiger partial charge on any atom is 0.160 e. The van der Waals surface area contributed by atoms with Gasteiger partial charge in [0.2, 0.25) is 0 Å². The molecule has 0 N–H and O–H groups in total. The molecule has 0 aliphatic heterocycles. The Bertz CT molecular complexity index is 903. The number of hydrogen-bond acceptors (Lipinski definition) is 2. The van der Waals surface area contributed by atoms with E-state index in [1.807, 2.05) is 67.6 Å². The Morgan fingerprint density at radius 2 is 1.93 bits per heavy atom. The van der Waals surface area contributed by atoms with E-state index in [9.17, 15) is 0 Å². The molecule has 0 aliphatic carbocycles. The summed E-state index contributed by atoms with van der Waals surface area (Å²) in [6.45, 7) is 9.50. The lowest BCUT2D eigenvalue weighted by Crippen LogP contribution is -1.97. The molecule has 0 fully saturated rings. The third-order valence-electron chi connectivity index (χ3n) is 3.70. The molecule has 3 heteroatoms. The number of allylic oxidation sites excluding steroid dienone is 9. The highest BCUT2D eigenvalue weighted by molar-refractivity contribution is 9.11. The van der Waals surface area contributed by atoms with Gasteiger partial charge >= 0.3 is 0 Å². The summed E-state index contributed by atoms with van der Waals surface area (Å²) in [6, 6.07) is 12.0. The predicted octanol–water partition coefficient (Wildman–Crippen LogP) is 7.16. The van der Waals surface area contributed by atoms with Crippen LogP contribution >= 0.6 is 15.9 Å². The average molecular weight is 419 g/mol. The molecule has 0 radical (unpaired) electrons. The molecule has 0 unspecified atom stereocenters. The molecule has 2 nitrogen and oxygen atoms in total. The summed E-state index contributed by atoms with van der Waals surface area (Å²) in [6.07, 6.45) is 16.5. The lowest BCUT2D eigenvalue weighted by molar-refractivity contribution is 1.14. The van der Waals surface area contributed by atoms with Gasteiger partial charge in [0.1, 0.15) is 0 Å². The first-order valence-corrected chi connectivity index (χ1v) is 9.52. The van der Waals surface area contributed by atoms with Gasteiger partial charge < -0.3 is 0 Å².